The third kappa shape index (κ3) is 4.29. The molecule has 0 bridgehead atoms. The largest absolute Gasteiger partial charge is 0.457 e. The van der Waals surface area contributed by atoms with Crippen LogP contribution in [0.2, 0.25) is 0 Å². The molecule has 132 valence electrons. The van der Waals surface area contributed by atoms with E-state index in [9.17, 15) is 18.0 Å². The highest BCUT2D eigenvalue weighted by Crippen LogP contribution is 2.25. The van der Waals surface area contributed by atoms with E-state index in [4.69, 9.17) is 4.74 Å². The van der Waals surface area contributed by atoms with E-state index in [1.54, 1.807) is 12.1 Å². The van der Waals surface area contributed by atoms with Crippen molar-refractivity contribution in [3.63, 3.8) is 0 Å². The van der Waals surface area contributed by atoms with Gasteiger partial charge in [0.05, 0.1) is 11.4 Å². The molecule has 3 rings (SSSR count). The van der Waals surface area contributed by atoms with Crippen LogP contribution in [0, 0.1) is 17.5 Å². The molecule has 2 amide bonds. The van der Waals surface area contributed by atoms with Gasteiger partial charge in [-0.25, -0.2) is 18.0 Å². The van der Waals surface area contributed by atoms with Gasteiger partial charge in [-0.2, -0.15) is 0 Å². The molecule has 0 aliphatic heterocycles. The Hall–Kier alpha value is -3.55. The van der Waals surface area contributed by atoms with Crippen LogP contribution < -0.4 is 15.4 Å². The number of benzene rings is 2. The molecule has 0 aliphatic rings. The van der Waals surface area contributed by atoms with E-state index < -0.39 is 23.5 Å². The molecule has 0 saturated heterocycles. The molecular weight excluding hydrogens is 347 g/mol. The molecule has 0 atom stereocenters. The Morgan fingerprint density at radius 3 is 2.04 bits per heavy atom. The summed E-state index contributed by atoms with van der Waals surface area (Å²) < 4.78 is 45.9. The van der Waals surface area contributed by atoms with Crippen LogP contribution in [0.1, 0.15) is 0 Å². The Bertz CT molecular complexity index is 936. The summed E-state index contributed by atoms with van der Waals surface area (Å²) in [5.41, 5.74) is -0.367. The minimum absolute atomic E-state index is 0.132. The molecule has 0 radical (unpaired) electrons. The van der Waals surface area contributed by atoms with Crippen LogP contribution >= 0.6 is 0 Å². The molecule has 0 saturated carbocycles. The molecule has 5 nitrogen and oxygen atoms in total. The summed E-state index contributed by atoms with van der Waals surface area (Å²) in [6.45, 7) is 0. The van der Waals surface area contributed by atoms with Gasteiger partial charge in [-0.3, -0.25) is 4.98 Å². The lowest BCUT2D eigenvalue weighted by Gasteiger charge is -2.11. The Morgan fingerprint density at radius 1 is 0.808 bits per heavy atom. The Kier molecular flexibility index (Phi) is 5.02. The highest BCUT2D eigenvalue weighted by Gasteiger charge is 2.11. The van der Waals surface area contributed by atoms with Crippen molar-refractivity contribution in [3.05, 3.63) is 78.4 Å². The summed E-state index contributed by atoms with van der Waals surface area (Å²) in [5.74, 6) is -1.76. The third-order valence-electron chi connectivity index (χ3n) is 3.25. The summed E-state index contributed by atoms with van der Waals surface area (Å²) in [6.07, 6.45) is 3.06. The van der Waals surface area contributed by atoms with Crippen molar-refractivity contribution in [2.75, 3.05) is 10.6 Å². The van der Waals surface area contributed by atoms with Crippen molar-refractivity contribution in [1.29, 1.82) is 0 Å². The maximum absolute atomic E-state index is 14.1. The molecule has 2 aromatic carbocycles. The number of carbonyl (C=O) groups is 1. The third-order valence-corrected chi connectivity index (χ3v) is 3.25. The number of amides is 2. The first kappa shape index (κ1) is 17.3. The van der Waals surface area contributed by atoms with Crippen LogP contribution in [0.25, 0.3) is 0 Å². The van der Waals surface area contributed by atoms with Crippen molar-refractivity contribution in [3.8, 4) is 11.5 Å². The van der Waals surface area contributed by atoms with E-state index in [1.807, 2.05) is 0 Å². The van der Waals surface area contributed by atoms with E-state index in [0.717, 1.165) is 18.2 Å². The minimum atomic E-state index is -0.943. The highest BCUT2D eigenvalue weighted by molar-refractivity contribution is 5.99. The van der Waals surface area contributed by atoms with Crippen LogP contribution in [0.5, 0.6) is 11.5 Å². The predicted molar refractivity (Wildman–Crippen MR) is 89.7 cm³/mol. The molecule has 1 aromatic heterocycles. The van der Waals surface area contributed by atoms with Gasteiger partial charge in [0, 0.05) is 24.5 Å². The summed E-state index contributed by atoms with van der Waals surface area (Å²) in [7, 11) is 0. The van der Waals surface area contributed by atoms with Gasteiger partial charge in [-0.1, -0.05) is 0 Å². The Balaban J connectivity index is 1.67. The smallest absolute Gasteiger partial charge is 0.323 e. The van der Waals surface area contributed by atoms with Crippen molar-refractivity contribution < 1.29 is 22.7 Å². The summed E-state index contributed by atoms with van der Waals surface area (Å²) in [6, 6.07) is 8.86. The summed E-state index contributed by atoms with van der Waals surface area (Å²) in [4.78, 5) is 15.7. The van der Waals surface area contributed by atoms with Gasteiger partial charge in [0.2, 0.25) is 0 Å². The fourth-order valence-corrected chi connectivity index (χ4v) is 2.07. The van der Waals surface area contributed by atoms with Crippen LogP contribution in [0.4, 0.5) is 29.3 Å². The molecule has 26 heavy (non-hydrogen) atoms. The molecule has 0 aliphatic carbocycles. The number of anilines is 2. The van der Waals surface area contributed by atoms with Crippen LogP contribution in [-0.2, 0) is 0 Å². The maximum atomic E-state index is 14.1. The quantitative estimate of drug-likeness (QED) is 0.694. The van der Waals surface area contributed by atoms with Crippen LogP contribution in [0.15, 0.2) is 60.9 Å². The zero-order valence-corrected chi connectivity index (χ0v) is 13.2. The van der Waals surface area contributed by atoms with Gasteiger partial charge in [0.15, 0.2) is 0 Å². The van der Waals surface area contributed by atoms with Crippen molar-refractivity contribution in [1.82, 2.24) is 4.98 Å². The first-order valence-electron chi connectivity index (χ1n) is 7.42. The zero-order chi connectivity index (χ0) is 18.5. The number of halogens is 3. The number of hydrogen-bond donors (Lipinski definition) is 2. The second kappa shape index (κ2) is 7.56. The second-order valence-corrected chi connectivity index (χ2v) is 5.13. The Labute approximate surface area is 146 Å². The average molecular weight is 359 g/mol. The van der Waals surface area contributed by atoms with Crippen LogP contribution in [-0.4, -0.2) is 11.0 Å². The monoisotopic (exact) mass is 359 g/mol. The lowest BCUT2D eigenvalue weighted by atomic mass is 10.3. The SMILES string of the molecule is O=C(Nc1ccc(F)cc1F)Nc1ccc(Oc2ccncc2)cc1F. The number of ether oxygens (including phenoxy) is 1. The predicted octanol–water partition coefficient (Wildman–Crippen LogP) is 4.94. The number of pyridine rings is 1. The molecule has 2 N–H and O–H groups in total. The lowest BCUT2D eigenvalue weighted by molar-refractivity contribution is 0.262. The van der Waals surface area contributed by atoms with E-state index in [1.165, 1.54) is 24.5 Å². The number of nitrogens with zero attached hydrogens (tertiary/aromatic N) is 1. The van der Waals surface area contributed by atoms with Gasteiger partial charge in [-0.15, -0.1) is 0 Å². The topological polar surface area (TPSA) is 63.2 Å². The fourth-order valence-electron chi connectivity index (χ4n) is 2.07. The van der Waals surface area contributed by atoms with Gasteiger partial charge >= 0.3 is 6.03 Å². The molecule has 0 fully saturated rings. The minimum Gasteiger partial charge on any atom is -0.457 e. The average Bonchev–Trinajstić information content (AvgIpc) is 2.61. The number of aromatic nitrogens is 1. The van der Waals surface area contributed by atoms with Gasteiger partial charge < -0.3 is 15.4 Å². The van der Waals surface area contributed by atoms with Gasteiger partial charge in [0.1, 0.15) is 29.0 Å². The van der Waals surface area contributed by atoms with E-state index >= 15 is 0 Å². The van der Waals surface area contributed by atoms with Crippen LogP contribution in [0.3, 0.4) is 0 Å². The summed E-state index contributed by atoms with van der Waals surface area (Å²) in [5, 5.41) is 4.41. The lowest BCUT2D eigenvalue weighted by Crippen LogP contribution is -2.20. The van der Waals surface area contributed by atoms with Gasteiger partial charge in [0.25, 0.3) is 0 Å². The van der Waals surface area contributed by atoms with Crippen molar-refractivity contribution in [2.24, 2.45) is 0 Å². The molecular formula is C18H12F3N3O2. The molecule has 3 aromatic rings. The van der Waals surface area contributed by atoms with Crippen molar-refractivity contribution >= 4 is 17.4 Å². The highest BCUT2D eigenvalue weighted by atomic mass is 19.1. The molecule has 8 heteroatoms. The number of nitrogens with one attached hydrogen (secondary N) is 2. The molecule has 0 unspecified atom stereocenters. The van der Waals surface area contributed by atoms with Gasteiger partial charge in [-0.05, 0) is 36.4 Å². The standard InChI is InChI=1S/C18H12F3N3O2/c19-11-1-3-16(14(20)9-11)23-18(25)24-17-4-2-13(10-15(17)21)26-12-5-7-22-8-6-12/h1-10H,(H2,23,24,25). The molecule has 0 spiro atoms. The first-order chi connectivity index (χ1) is 12.5. The molecule has 1 heterocycles. The number of hydrogen-bond acceptors (Lipinski definition) is 3. The van der Waals surface area contributed by atoms with E-state index in [2.05, 4.69) is 15.6 Å². The second-order valence-electron chi connectivity index (χ2n) is 5.13. The van der Waals surface area contributed by atoms with E-state index in [0.29, 0.717) is 11.8 Å². The Morgan fingerprint density at radius 2 is 1.42 bits per heavy atom. The number of rotatable bonds is 4. The van der Waals surface area contributed by atoms with Crippen molar-refractivity contribution in [2.45, 2.75) is 0 Å². The normalized spacial score (nSPS) is 10.3. The maximum Gasteiger partial charge on any atom is 0.323 e. The zero-order valence-electron chi connectivity index (χ0n) is 13.2. The number of urea groups is 1. The fraction of sp³-hybridized carbons (Fsp3) is 0. The summed E-state index contributed by atoms with van der Waals surface area (Å²) >= 11 is 0. The first-order valence-corrected chi connectivity index (χ1v) is 7.42. The van der Waals surface area contributed by atoms with E-state index in [-0.39, 0.29) is 17.1 Å². The number of carbonyl (C=O) groups excluding carboxylic acids is 1.